The normalized spacial score (nSPS) is 29.5. The third-order valence-corrected chi connectivity index (χ3v) is 7.46. The van der Waals surface area contributed by atoms with Crippen LogP contribution in [0.2, 0.25) is 0 Å². The van der Waals surface area contributed by atoms with Crippen LogP contribution in [0.3, 0.4) is 0 Å². The van der Waals surface area contributed by atoms with Crippen molar-refractivity contribution >= 4 is 27.8 Å². The number of benzene rings is 1. The summed E-state index contributed by atoms with van der Waals surface area (Å²) in [6, 6.07) is 4.80. The molecule has 11 heteroatoms. The molecule has 3 aliphatic rings. The zero-order valence-corrected chi connectivity index (χ0v) is 19.5. The topological polar surface area (TPSA) is 135 Å². The predicted molar refractivity (Wildman–Crippen MR) is 119 cm³/mol. The van der Waals surface area contributed by atoms with E-state index < -0.39 is 22.0 Å². The summed E-state index contributed by atoms with van der Waals surface area (Å²) in [5.74, 6) is -0.896. The van der Waals surface area contributed by atoms with Crippen LogP contribution in [0.4, 0.5) is 5.69 Å². The van der Waals surface area contributed by atoms with E-state index in [2.05, 4.69) is 4.90 Å². The van der Waals surface area contributed by atoms with Crippen LogP contribution in [0.15, 0.2) is 35.0 Å². The van der Waals surface area contributed by atoms with E-state index in [1.54, 1.807) is 18.2 Å². The molecule has 0 saturated carbocycles. The number of carboxylic acid groups (broad SMARTS) is 1. The molecule has 0 amide bonds. The van der Waals surface area contributed by atoms with Crippen molar-refractivity contribution < 1.29 is 36.5 Å². The second-order valence-corrected chi connectivity index (χ2v) is 9.60. The summed E-state index contributed by atoms with van der Waals surface area (Å²) in [6.07, 6.45) is 2.68. The van der Waals surface area contributed by atoms with Crippen LogP contribution in [0.25, 0.3) is 0 Å². The third kappa shape index (κ3) is 4.03. The van der Waals surface area contributed by atoms with Crippen molar-refractivity contribution in [2.75, 3.05) is 27.3 Å². The van der Waals surface area contributed by atoms with Gasteiger partial charge in [-0.1, -0.05) is 19.4 Å². The Morgan fingerprint density at radius 3 is 2.73 bits per heavy atom. The van der Waals surface area contributed by atoms with Crippen LogP contribution in [-0.2, 0) is 29.7 Å². The van der Waals surface area contributed by atoms with Crippen molar-refractivity contribution in [3.8, 4) is 5.75 Å². The smallest absolute Gasteiger partial charge is 0.398 e. The van der Waals surface area contributed by atoms with Gasteiger partial charge < -0.3 is 14.6 Å². The number of aliphatic imine (C=N–C) groups is 1. The van der Waals surface area contributed by atoms with Gasteiger partial charge in [0.25, 0.3) is 0 Å². The lowest BCUT2D eigenvalue weighted by atomic mass is 9.70. The number of methoxy groups -OCH3 is 2. The maximum atomic E-state index is 12.0. The highest BCUT2D eigenvalue weighted by atomic mass is 32.3. The quantitative estimate of drug-likeness (QED) is 0.343. The summed E-state index contributed by atoms with van der Waals surface area (Å²) in [5, 5.41) is 9.82. The van der Waals surface area contributed by atoms with E-state index in [-0.39, 0.29) is 29.9 Å². The number of piperidine rings is 2. The van der Waals surface area contributed by atoms with Crippen molar-refractivity contribution in [1.29, 1.82) is 0 Å². The molecule has 4 rings (SSSR count). The first-order chi connectivity index (χ1) is 15.6. The van der Waals surface area contributed by atoms with E-state index in [9.17, 15) is 22.9 Å². The minimum absolute atomic E-state index is 0.0765. The highest BCUT2D eigenvalue weighted by molar-refractivity contribution is 7.81. The minimum atomic E-state index is -4.84. The summed E-state index contributed by atoms with van der Waals surface area (Å²) in [5.41, 5.74) is 0.0566. The summed E-state index contributed by atoms with van der Waals surface area (Å²) in [4.78, 5) is 19.0. The Morgan fingerprint density at radius 2 is 2.12 bits per heavy atom. The number of ether oxygens (including phenoxy) is 2. The van der Waals surface area contributed by atoms with Crippen molar-refractivity contribution in [3.63, 3.8) is 0 Å². The lowest BCUT2D eigenvalue weighted by molar-refractivity contribution is -0.134. The second-order valence-electron chi connectivity index (χ2n) is 8.57. The molecule has 0 spiro atoms. The van der Waals surface area contributed by atoms with Crippen molar-refractivity contribution in [1.82, 2.24) is 4.90 Å². The van der Waals surface area contributed by atoms with E-state index in [0.29, 0.717) is 42.2 Å². The summed E-state index contributed by atoms with van der Waals surface area (Å²) >= 11 is 0. The average Bonchev–Trinajstić information content (AvgIpc) is 3.09. The Morgan fingerprint density at radius 1 is 1.36 bits per heavy atom. The number of rotatable bonds is 7. The molecule has 1 aromatic carbocycles. The first-order valence-electron chi connectivity index (χ1n) is 10.8. The first kappa shape index (κ1) is 23.7. The SMILES string of the molecule is CC[C@@H]1CN2CC[C@@]3(OS(=O)(=O)O)C(=Nc4cccc(OC)c43)[C@@H]2C[C@@H]1/C(=C\OC)C(=O)O. The Hall–Kier alpha value is -2.47. The van der Waals surface area contributed by atoms with Gasteiger partial charge >= 0.3 is 16.4 Å². The largest absolute Gasteiger partial charge is 0.504 e. The lowest BCUT2D eigenvalue weighted by Crippen LogP contribution is -2.61. The summed E-state index contributed by atoms with van der Waals surface area (Å²) in [7, 11) is -1.96. The van der Waals surface area contributed by atoms with Gasteiger partial charge in [-0.15, -0.1) is 0 Å². The Balaban J connectivity index is 1.82. The Bertz CT molecular complexity index is 1120. The van der Waals surface area contributed by atoms with Crippen LogP contribution >= 0.6 is 0 Å². The Kier molecular flexibility index (Phi) is 6.25. The summed E-state index contributed by atoms with van der Waals surface area (Å²) < 4.78 is 49.6. The van der Waals surface area contributed by atoms with Crippen molar-refractivity contribution in [2.24, 2.45) is 16.8 Å². The van der Waals surface area contributed by atoms with Gasteiger partial charge in [-0.2, -0.15) is 8.42 Å². The molecule has 0 unspecified atom stereocenters. The number of carbonyl (C=O) groups is 1. The van der Waals surface area contributed by atoms with E-state index in [1.165, 1.54) is 20.5 Å². The molecule has 3 heterocycles. The fraction of sp³-hybridized carbons (Fsp3) is 0.545. The molecule has 2 fully saturated rings. The van der Waals surface area contributed by atoms with Crippen LogP contribution in [-0.4, -0.2) is 68.0 Å². The molecule has 0 bridgehead atoms. The molecule has 1 aromatic rings. The second kappa shape index (κ2) is 8.71. The number of hydrogen-bond donors (Lipinski definition) is 2. The van der Waals surface area contributed by atoms with Gasteiger partial charge in [0.1, 0.15) is 5.75 Å². The van der Waals surface area contributed by atoms with Gasteiger partial charge in [-0.3, -0.25) is 14.4 Å². The maximum Gasteiger partial charge on any atom is 0.398 e. The molecule has 2 N–H and O–H groups in total. The zero-order chi connectivity index (χ0) is 24.0. The van der Waals surface area contributed by atoms with Crippen LogP contribution in [0, 0.1) is 11.8 Å². The molecule has 33 heavy (non-hydrogen) atoms. The van der Waals surface area contributed by atoms with Crippen LogP contribution in [0.5, 0.6) is 5.75 Å². The zero-order valence-electron chi connectivity index (χ0n) is 18.7. The Labute approximate surface area is 192 Å². The minimum Gasteiger partial charge on any atom is -0.504 e. The van der Waals surface area contributed by atoms with Gasteiger partial charge in [-0.25, -0.2) is 8.98 Å². The molecule has 0 aromatic heterocycles. The maximum absolute atomic E-state index is 12.0. The number of hydrogen-bond acceptors (Lipinski definition) is 8. The molecule has 10 nitrogen and oxygen atoms in total. The highest BCUT2D eigenvalue weighted by Crippen LogP contribution is 2.54. The number of aliphatic carboxylic acids is 1. The van der Waals surface area contributed by atoms with E-state index >= 15 is 0 Å². The molecule has 0 aliphatic carbocycles. The molecule has 0 radical (unpaired) electrons. The highest BCUT2D eigenvalue weighted by Gasteiger charge is 2.58. The predicted octanol–water partition coefficient (Wildman–Crippen LogP) is 2.53. The third-order valence-electron chi connectivity index (χ3n) is 6.97. The molecule has 3 aliphatic heterocycles. The van der Waals surface area contributed by atoms with E-state index in [0.717, 1.165) is 6.42 Å². The number of carboxylic acids is 1. The molecular formula is C22H28N2O8S. The number of nitrogens with zero attached hydrogens (tertiary/aromatic N) is 2. The van der Waals surface area contributed by atoms with E-state index in [1.807, 2.05) is 6.92 Å². The van der Waals surface area contributed by atoms with Gasteiger partial charge in [0, 0.05) is 19.5 Å². The molecule has 180 valence electrons. The van der Waals surface area contributed by atoms with Gasteiger partial charge in [-0.05, 0) is 30.4 Å². The molecular weight excluding hydrogens is 452 g/mol. The van der Waals surface area contributed by atoms with Crippen LogP contribution in [0.1, 0.15) is 31.7 Å². The van der Waals surface area contributed by atoms with Gasteiger partial charge in [0.2, 0.25) is 0 Å². The lowest BCUT2D eigenvalue weighted by Gasteiger charge is -2.50. The molecule has 4 atom stereocenters. The number of fused-ring (bicyclic) bond motifs is 5. The van der Waals surface area contributed by atoms with Crippen molar-refractivity contribution in [3.05, 3.63) is 35.6 Å². The van der Waals surface area contributed by atoms with Gasteiger partial charge in [0.05, 0.1) is 49.1 Å². The fourth-order valence-corrected chi connectivity index (χ4v) is 6.24. The fourth-order valence-electron chi connectivity index (χ4n) is 5.63. The standard InChI is InChI=1S/C22H28N2O8S/c1-4-13-11-24-9-8-22(32-33(27,28)29)19-16(6-5-7-18(19)31-3)23-20(22)17(24)10-14(13)15(12-30-2)21(25)26/h5-7,12-14,17H,4,8-11H2,1-3H3,(H,25,26)(H,27,28,29)/b15-12+/t13-,14+,17+,22+/m1/s1. The average molecular weight is 481 g/mol. The van der Waals surface area contributed by atoms with Gasteiger partial charge in [0.15, 0.2) is 5.60 Å². The van der Waals surface area contributed by atoms with E-state index in [4.69, 9.17) is 18.6 Å². The summed E-state index contributed by atoms with van der Waals surface area (Å²) in [6.45, 7) is 3.12. The van der Waals surface area contributed by atoms with Crippen molar-refractivity contribution in [2.45, 2.75) is 37.8 Å². The first-order valence-corrected chi connectivity index (χ1v) is 12.2. The monoisotopic (exact) mass is 480 g/mol. The molecule has 2 saturated heterocycles. The van der Waals surface area contributed by atoms with Crippen LogP contribution < -0.4 is 4.74 Å².